The Balaban J connectivity index is 1.39. The molecule has 1 atom stereocenters. The molecule has 0 amide bonds. The van der Waals surface area contributed by atoms with Gasteiger partial charge < -0.3 is 20.3 Å². The number of hydrogen-bond donors (Lipinski definition) is 2. The highest BCUT2D eigenvalue weighted by Crippen LogP contribution is 2.40. The van der Waals surface area contributed by atoms with Crippen molar-refractivity contribution >= 4 is 29.0 Å². The second-order valence-corrected chi connectivity index (χ2v) is 8.79. The van der Waals surface area contributed by atoms with Gasteiger partial charge in [-0.1, -0.05) is 11.6 Å². The van der Waals surface area contributed by atoms with Crippen LogP contribution in [0.2, 0.25) is 0 Å². The van der Waals surface area contributed by atoms with E-state index < -0.39 is 11.6 Å². The molecule has 35 heavy (non-hydrogen) atoms. The summed E-state index contributed by atoms with van der Waals surface area (Å²) >= 11 is 0. The van der Waals surface area contributed by atoms with E-state index in [1.807, 2.05) is 31.2 Å². The van der Waals surface area contributed by atoms with Crippen LogP contribution in [-0.4, -0.2) is 35.6 Å². The van der Waals surface area contributed by atoms with Crippen LogP contribution in [0.25, 0.3) is 10.9 Å². The molecule has 0 spiro atoms. The van der Waals surface area contributed by atoms with Gasteiger partial charge in [0, 0.05) is 54.2 Å². The van der Waals surface area contributed by atoms with E-state index >= 15 is 4.39 Å². The summed E-state index contributed by atoms with van der Waals surface area (Å²) in [6.07, 6.45) is 3.18. The fraction of sp³-hybridized carbons (Fsp3) is 0.269. The lowest BCUT2D eigenvalue weighted by molar-refractivity contribution is 0.422. The number of piperazine rings is 1. The molecule has 1 fully saturated rings. The van der Waals surface area contributed by atoms with Crippen LogP contribution in [0.1, 0.15) is 25.0 Å². The standard InChI is InChI=1S/C26H24F2N6O/c1-15-10-19-20(11-15)23(28)22(12-21(19)27)35-26-24(29-3)25(31-14-32-26)33-17-4-6-18(7-5-17)34-9-8-30-16(2)13-34/h4-7,11-12,14,16,30H,8-10,13H2,1-2H3,(H,31,32,33)/t16-/m0/s1. The second-order valence-electron chi connectivity index (χ2n) is 8.79. The monoisotopic (exact) mass is 474 g/mol. The molecule has 1 aliphatic heterocycles. The van der Waals surface area contributed by atoms with Crippen LogP contribution in [0.15, 0.2) is 42.2 Å². The van der Waals surface area contributed by atoms with Crippen molar-refractivity contribution in [1.82, 2.24) is 15.3 Å². The Hall–Kier alpha value is -4.03. The molecule has 2 aromatic carbocycles. The lowest BCUT2D eigenvalue weighted by atomic mass is 10.1. The molecule has 0 radical (unpaired) electrons. The molecule has 3 aromatic rings. The first-order chi connectivity index (χ1) is 16.9. The highest BCUT2D eigenvalue weighted by molar-refractivity contribution is 5.76. The summed E-state index contributed by atoms with van der Waals surface area (Å²) in [6, 6.07) is 9.25. The number of benzene rings is 2. The zero-order valence-electron chi connectivity index (χ0n) is 19.4. The molecule has 2 aliphatic rings. The molecule has 178 valence electrons. The molecule has 1 saturated heterocycles. The molecule has 5 rings (SSSR count). The zero-order valence-corrected chi connectivity index (χ0v) is 19.4. The van der Waals surface area contributed by atoms with E-state index in [-0.39, 0.29) is 28.7 Å². The maximum Gasteiger partial charge on any atom is 0.288 e. The fourth-order valence-corrected chi connectivity index (χ4v) is 4.43. The third-order valence-corrected chi connectivity index (χ3v) is 6.14. The van der Waals surface area contributed by atoms with E-state index in [0.29, 0.717) is 18.0 Å². The summed E-state index contributed by atoms with van der Waals surface area (Å²) in [6.45, 7) is 14.4. The number of hydrogen-bond acceptors (Lipinski definition) is 6. The Kier molecular flexibility index (Phi) is 6.05. The van der Waals surface area contributed by atoms with Crippen molar-refractivity contribution in [2.24, 2.45) is 0 Å². The van der Waals surface area contributed by atoms with Gasteiger partial charge in [0.2, 0.25) is 5.88 Å². The molecule has 2 heterocycles. The number of nitrogens with one attached hydrogen (secondary N) is 2. The molecule has 0 saturated carbocycles. The largest absolute Gasteiger partial charge is 0.446 e. The van der Waals surface area contributed by atoms with Gasteiger partial charge >= 0.3 is 0 Å². The predicted molar refractivity (Wildman–Crippen MR) is 131 cm³/mol. The van der Waals surface area contributed by atoms with Gasteiger partial charge in [-0.15, -0.1) is 0 Å². The molecular weight excluding hydrogens is 450 g/mol. The number of halogens is 2. The van der Waals surface area contributed by atoms with Gasteiger partial charge in [0.1, 0.15) is 18.0 Å². The summed E-state index contributed by atoms with van der Waals surface area (Å²) < 4.78 is 35.2. The third kappa shape index (κ3) is 4.53. The van der Waals surface area contributed by atoms with Crippen molar-refractivity contribution in [2.45, 2.75) is 26.3 Å². The highest BCUT2D eigenvalue weighted by atomic mass is 19.1. The number of aromatic nitrogens is 2. The number of fused-ring (bicyclic) bond motifs is 1. The summed E-state index contributed by atoms with van der Waals surface area (Å²) in [5.41, 5.74) is 3.15. The van der Waals surface area contributed by atoms with Crippen molar-refractivity contribution in [3.8, 4) is 11.6 Å². The Morgan fingerprint density at radius 1 is 1.23 bits per heavy atom. The van der Waals surface area contributed by atoms with Gasteiger partial charge in [-0.2, -0.15) is 0 Å². The van der Waals surface area contributed by atoms with E-state index in [4.69, 9.17) is 11.3 Å². The van der Waals surface area contributed by atoms with Crippen molar-refractivity contribution in [3.05, 3.63) is 76.4 Å². The van der Waals surface area contributed by atoms with Crippen LogP contribution in [0.4, 0.5) is 31.7 Å². The molecule has 2 N–H and O–H groups in total. The van der Waals surface area contributed by atoms with Crippen molar-refractivity contribution < 1.29 is 13.5 Å². The first-order valence-electron chi connectivity index (χ1n) is 11.4. The average molecular weight is 475 g/mol. The van der Waals surface area contributed by atoms with Crippen molar-refractivity contribution in [1.29, 1.82) is 0 Å². The van der Waals surface area contributed by atoms with Crippen LogP contribution in [0.5, 0.6) is 11.6 Å². The Morgan fingerprint density at radius 2 is 2.03 bits per heavy atom. The third-order valence-electron chi connectivity index (χ3n) is 6.14. The predicted octanol–water partition coefficient (Wildman–Crippen LogP) is 5.60. The van der Waals surface area contributed by atoms with Crippen molar-refractivity contribution in [2.75, 3.05) is 29.9 Å². The summed E-state index contributed by atoms with van der Waals surface area (Å²) in [4.78, 5) is 14.0. The van der Waals surface area contributed by atoms with E-state index in [0.717, 1.165) is 42.6 Å². The maximum absolute atomic E-state index is 15.0. The van der Waals surface area contributed by atoms with Gasteiger partial charge in [0.25, 0.3) is 5.69 Å². The Labute approximate surface area is 202 Å². The quantitative estimate of drug-likeness (QED) is 0.470. The van der Waals surface area contributed by atoms with Gasteiger partial charge in [-0.25, -0.2) is 23.6 Å². The Bertz CT molecular complexity index is 1350. The topological polar surface area (TPSA) is 66.7 Å². The molecule has 0 bridgehead atoms. The minimum absolute atomic E-state index is 0.0282. The van der Waals surface area contributed by atoms with E-state index in [1.165, 1.54) is 6.33 Å². The van der Waals surface area contributed by atoms with Crippen molar-refractivity contribution in [3.63, 3.8) is 0 Å². The summed E-state index contributed by atoms with van der Waals surface area (Å²) in [7, 11) is 0. The molecule has 1 aliphatic carbocycles. The van der Waals surface area contributed by atoms with Crippen LogP contribution in [0.3, 0.4) is 0 Å². The van der Waals surface area contributed by atoms with Crippen LogP contribution in [-0.2, 0) is 6.42 Å². The number of anilines is 3. The molecule has 9 heteroatoms. The second kappa shape index (κ2) is 9.31. The normalized spacial score (nSPS) is 16.9. The van der Waals surface area contributed by atoms with Gasteiger partial charge in [-0.05, 0) is 44.5 Å². The van der Waals surface area contributed by atoms with Crippen LogP contribution >= 0.6 is 0 Å². The highest BCUT2D eigenvalue weighted by Gasteiger charge is 2.24. The lowest BCUT2D eigenvalue weighted by Gasteiger charge is -2.33. The zero-order chi connectivity index (χ0) is 24.5. The smallest absolute Gasteiger partial charge is 0.288 e. The van der Waals surface area contributed by atoms with Gasteiger partial charge in [0.15, 0.2) is 11.6 Å². The first kappa shape index (κ1) is 22.7. The van der Waals surface area contributed by atoms with Gasteiger partial charge in [0.05, 0.1) is 6.57 Å². The number of ether oxygens (including phenoxy) is 1. The SMILES string of the molecule is [C-]#[N+]c1c(Nc2ccc(N3CCN[C@@H](C)C3)cc2)ncnc1Oc1cc(F)c2c(c1F)C=C(C)C2. The molecule has 1 aromatic heterocycles. The number of nitrogens with zero attached hydrogens (tertiary/aromatic N) is 4. The van der Waals surface area contributed by atoms with Crippen LogP contribution in [0, 0.1) is 18.2 Å². The molecular formula is C26H24F2N6O. The van der Waals surface area contributed by atoms with E-state index in [2.05, 4.69) is 37.3 Å². The minimum atomic E-state index is -0.680. The first-order valence-corrected chi connectivity index (χ1v) is 11.4. The molecule has 0 unspecified atom stereocenters. The minimum Gasteiger partial charge on any atom is -0.446 e. The van der Waals surface area contributed by atoms with E-state index in [1.54, 1.807) is 6.08 Å². The van der Waals surface area contributed by atoms with Crippen LogP contribution < -0.4 is 20.3 Å². The molecule has 7 nitrogen and oxygen atoms in total. The fourth-order valence-electron chi connectivity index (χ4n) is 4.43. The number of allylic oxidation sites excluding steroid dienone is 1. The summed E-state index contributed by atoms with van der Waals surface area (Å²) in [5.74, 6) is -1.50. The Morgan fingerprint density at radius 3 is 2.77 bits per heavy atom. The van der Waals surface area contributed by atoms with E-state index in [9.17, 15) is 4.39 Å². The maximum atomic E-state index is 15.0. The lowest BCUT2D eigenvalue weighted by Crippen LogP contribution is -2.49. The van der Waals surface area contributed by atoms with Gasteiger partial charge in [-0.3, -0.25) is 0 Å². The summed E-state index contributed by atoms with van der Waals surface area (Å²) in [5, 5.41) is 6.54. The number of rotatable bonds is 5. The average Bonchev–Trinajstić information content (AvgIpc) is 3.25.